The first-order valence-corrected chi connectivity index (χ1v) is 12.2. The zero-order chi connectivity index (χ0) is 23.4. The van der Waals surface area contributed by atoms with Crippen LogP contribution in [0.1, 0.15) is 29.6 Å². The van der Waals surface area contributed by atoms with Gasteiger partial charge in [0.05, 0.1) is 19.3 Å². The van der Waals surface area contributed by atoms with Crippen molar-refractivity contribution in [2.45, 2.75) is 23.4 Å². The number of nitrogens with zero attached hydrogens (tertiary/aromatic N) is 5. The third-order valence-electron chi connectivity index (χ3n) is 5.76. The summed E-state index contributed by atoms with van der Waals surface area (Å²) in [7, 11) is 4.01. The van der Waals surface area contributed by atoms with E-state index < -0.39 is 5.25 Å². The van der Waals surface area contributed by atoms with Gasteiger partial charge in [-0.05, 0) is 50.8 Å². The monoisotopic (exact) mass is 485 g/mol. The molecule has 1 aliphatic heterocycles. The molecule has 2 atom stereocenters. The Kier molecular flexibility index (Phi) is 7.70. The maximum absolute atomic E-state index is 13.6. The number of thioether (sulfide) groups is 1. The average molecular weight is 486 g/mol. The minimum atomic E-state index is -0.443. The Morgan fingerprint density at radius 2 is 1.73 bits per heavy atom. The van der Waals surface area contributed by atoms with E-state index in [0.29, 0.717) is 36.5 Å². The first-order chi connectivity index (χ1) is 16.0. The molecule has 1 amide bonds. The third-order valence-corrected chi connectivity index (χ3v) is 7.20. The molecule has 2 aromatic carbocycles. The number of morpholine rings is 1. The molecule has 7 nitrogen and oxygen atoms in total. The normalized spacial score (nSPS) is 16.1. The fourth-order valence-electron chi connectivity index (χ4n) is 3.64. The van der Waals surface area contributed by atoms with Crippen molar-refractivity contribution in [3.05, 3.63) is 71.0 Å². The van der Waals surface area contributed by atoms with Gasteiger partial charge >= 0.3 is 0 Å². The minimum Gasteiger partial charge on any atom is -0.378 e. The summed E-state index contributed by atoms with van der Waals surface area (Å²) in [5.41, 5.74) is 1.84. The molecule has 33 heavy (non-hydrogen) atoms. The summed E-state index contributed by atoms with van der Waals surface area (Å²) in [6.07, 6.45) is 0. The van der Waals surface area contributed by atoms with E-state index in [9.17, 15) is 4.79 Å². The van der Waals surface area contributed by atoms with Crippen LogP contribution in [-0.2, 0) is 9.53 Å². The largest absolute Gasteiger partial charge is 0.378 e. The lowest BCUT2D eigenvalue weighted by atomic mass is 10.1. The number of carbonyl (C=O) groups excluding carboxylic acids is 1. The topological polar surface area (TPSA) is 63.5 Å². The molecule has 1 fully saturated rings. The Hall–Kier alpha value is -2.39. The van der Waals surface area contributed by atoms with E-state index in [2.05, 4.69) is 22.0 Å². The summed E-state index contributed by atoms with van der Waals surface area (Å²) >= 11 is 7.57. The van der Waals surface area contributed by atoms with Gasteiger partial charge in [0.15, 0.2) is 11.0 Å². The third kappa shape index (κ3) is 5.41. The first-order valence-electron chi connectivity index (χ1n) is 10.9. The zero-order valence-corrected chi connectivity index (χ0v) is 20.6. The maximum atomic E-state index is 13.6. The van der Waals surface area contributed by atoms with Gasteiger partial charge < -0.3 is 9.64 Å². The fraction of sp³-hybridized carbons (Fsp3) is 0.375. The smallest absolute Gasteiger partial charge is 0.240 e. The van der Waals surface area contributed by atoms with Gasteiger partial charge in [0.25, 0.3) is 0 Å². The Balaban J connectivity index is 1.75. The van der Waals surface area contributed by atoms with Crippen LogP contribution in [0.15, 0.2) is 59.8 Å². The molecule has 0 saturated carbocycles. The van der Waals surface area contributed by atoms with Gasteiger partial charge in [-0.2, -0.15) is 0 Å². The molecule has 4 rings (SSSR count). The van der Waals surface area contributed by atoms with Gasteiger partial charge in [0.2, 0.25) is 5.91 Å². The van der Waals surface area contributed by atoms with Gasteiger partial charge in [0.1, 0.15) is 5.25 Å². The van der Waals surface area contributed by atoms with E-state index in [1.165, 1.54) is 11.8 Å². The molecule has 0 bridgehead atoms. The van der Waals surface area contributed by atoms with Crippen LogP contribution in [0.4, 0.5) is 0 Å². The summed E-state index contributed by atoms with van der Waals surface area (Å²) in [5, 5.41) is 9.94. The highest BCUT2D eigenvalue weighted by atomic mass is 35.5. The predicted molar refractivity (Wildman–Crippen MR) is 131 cm³/mol. The standard InChI is InChI=1S/C24H28ClN5O2S/c1-17(28(2)3)22-26-27-24(30(22)20-11-9-19(25)10-12-20)33-21(18-7-5-4-6-8-18)23(31)29-13-15-32-16-14-29/h4-12,17,21H,13-16H2,1-3H3. The van der Waals surface area contributed by atoms with Crippen molar-refractivity contribution in [3.63, 3.8) is 0 Å². The highest BCUT2D eigenvalue weighted by Crippen LogP contribution is 2.38. The average Bonchev–Trinajstić information content (AvgIpc) is 3.26. The zero-order valence-electron chi connectivity index (χ0n) is 19.0. The van der Waals surface area contributed by atoms with Crippen LogP contribution >= 0.6 is 23.4 Å². The molecule has 1 aromatic heterocycles. The molecule has 2 heterocycles. The van der Waals surface area contributed by atoms with E-state index in [1.54, 1.807) is 0 Å². The SMILES string of the molecule is CC(c1nnc(SC(C(=O)N2CCOCC2)c2ccccc2)n1-c1ccc(Cl)cc1)N(C)C. The van der Waals surface area contributed by atoms with Crippen LogP contribution in [0.3, 0.4) is 0 Å². The van der Waals surface area contributed by atoms with Crippen molar-refractivity contribution in [1.82, 2.24) is 24.6 Å². The van der Waals surface area contributed by atoms with E-state index in [1.807, 2.05) is 78.2 Å². The van der Waals surface area contributed by atoms with E-state index in [4.69, 9.17) is 16.3 Å². The van der Waals surface area contributed by atoms with Crippen molar-refractivity contribution in [1.29, 1.82) is 0 Å². The Bertz CT molecular complexity index is 1070. The Morgan fingerprint density at radius 3 is 2.36 bits per heavy atom. The Labute approximate surface area is 203 Å². The van der Waals surface area contributed by atoms with E-state index in [0.717, 1.165) is 17.1 Å². The maximum Gasteiger partial charge on any atom is 0.240 e. The van der Waals surface area contributed by atoms with Crippen molar-refractivity contribution in [3.8, 4) is 5.69 Å². The lowest BCUT2D eigenvalue weighted by Gasteiger charge is -2.30. The summed E-state index contributed by atoms with van der Waals surface area (Å²) < 4.78 is 7.47. The molecule has 174 valence electrons. The van der Waals surface area contributed by atoms with E-state index >= 15 is 0 Å². The summed E-state index contributed by atoms with van der Waals surface area (Å²) in [6.45, 7) is 4.39. The van der Waals surface area contributed by atoms with E-state index in [-0.39, 0.29) is 11.9 Å². The van der Waals surface area contributed by atoms with Gasteiger partial charge in [-0.1, -0.05) is 53.7 Å². The summed E-state index contributed by atoms with van der Waals surface area (Å²) in [6, 6.07) is 17.5. The number of benzene rings is 2. The second kappa shape index (κ2) is 10.7. The molecular formula is C24H28ClN5O2S. The van der Waals surface area contributed by atoms with Gasteiger partial charge in [-0.3, -0.25) is 14.3 Å². The molecule has 0 N–H and O–H groups in total. The van der Waals surface area contributed by atoms with Crippen LogP contribution in [0.25, 0.3) is 5.69 Å². The number of amides is 1. The lowest BCUT2D eigenvalue weighted by Crippen LogP contribution is -2.42. The molecule has 3 aromatic rings. The van der Waals surface area contributed by atoms with Crippen molar-refractivity contribution < 1.29 is 9.53 Å². The molecule has 0 radical (unpaired) electrons. The van der Waals surface area contributed by atoms with Gasteiger partial charge in [-0.15, -0.1) is 10.2 Å². The van der Waals surface area contributed by atoms with Crippen LogP contribution in [0.5, 0.6) is 0 Å². The highest BCUT2D eigenvalue weighted by molar-refractivity contribution is 8.00. The van der Waals surface area contributed by atoms with Gasteiger partial charge in [0, 0.05) is 23.8 Å². The second-order valence-electron chi connectivity index (χ2n) is 8.14. The molecule has 9 heteroatoms. The molecule has 1 saturated heterocycles. The number of hydrogen-bond donors (Lipinski definition) is 0. The van der Waals surface area contributed by atoms with Crippen molar-refractivity contribution >= 4 is 29.3 Å². The first kappa shape index (κ1) is 23.8. The summed E-state index contributed by atoms with van der Waals surface area (Å²) in [5.74, 6) is 0.859. The number of ether oxygens (including phenoxy) is 1. The molecule has 0 spiro atoms. The van der Waals surface area contributed by atoms with Crippen LogP contribution in [0, 0.1) is 0 Å². The number of hydrogen-bond acceptors (Lipinski definition) is 6. The molecular weight excluding hydrogens is 458 g/mol. The van der Waals surface area contributed by atoms with Gasteiger partial charge in [-0.25, -0.2) is 0 Å². The highest BCUT2D eigenvalue weighted by Gasteiger charge is 2.31. The number of rotatable bonds is 7. The lowest BCUT2D eigenvalue weighted by molar-refractivity contribution is -0.134. The number of carbonyl (C=O) groups is 1. The molecule has 1 aliphatic rings. The van der Waals surface area contributed by atoms with Crippen molar-refractivity contribution in [2.75, 3.05) is 40.4 Å². The molecule has 2 unspecified atom stereocenters. The number of aromatic nitrogens is 3. The second-order valence-corrected chi connectivity index (χ2v) is 9.65. The Morgan fingerprint density at radius 1 is 1.06 bits per heavy atom. The van der Waals surface area contributed by atoms with Crippen LogP contribution in [0.2, 0.25) is 5.02 Å². The minimum absolute atomic E-state index is 0.0210. The van der Waals surface area contributed by atoms with Crippen molar-refractivity contribution in [2.24, 2.45) is 0 Å². The number of halogens is 1. The van der Waals surface area contributed by atoms with Crippen LogP contribution in [-0.4, -0.2) is 70.9 Å². The van der Waals surface area contributed by atoms with Crippen LogP contribution < -0.4 is 0 Å². The molecule has 0 aliphatic carbocycles. The fourth-order valence-corrected chi connectivity index (χ4v) is 4.91. The summed E-state index contributed by atoms with van der Waals surface area (Å²) in [4.78, 5) is 17.6. The predicted octanol–water partition coefficient (Wildman–Crippen LogP) is 4.24. The quantitative estimate of drug-likeness (QED) is 0.466.